The van der Waals surface area contributed by atoms with Crippen molar-refractivity contribution in [2.75, 3.05) is 0 Å². The third kappa shape index (κ3) is 18.0. The van der Waals surface area contributed by atoms with Crippen molar-refractivity contribution in [3.05, 3.63) is 0 Å². The van der Waals surface area contributed by atoms with Crippen LogP contribution in [0.4, 0.5) is 22.0 Å². The zero-order valence-corrected chi connectivity index (χ0v) is 12.0. The van der Waals surface area contributed by atoms with Gasteiger partial charge in [0.25, 0.3) is 5.25 Å². The fraction of sp³-hybridized carbons (Fsp3) is 1.00. The van der Waals surface area contributed by atoms with Crippen molar-refractivity contribution in [1.82, 2.24) is 0 Å². The summed E-state index contributed by atoms with van der Waals surface area (Å²) < 4.78 is 60.2. The minimum Gasteiger partial charge on any atom is -0.195 e. The first-order valence-corrected chi connectivity index (χ1v) is 7.32. The van der Waals surface area contributed by atoms with Crippen LogP contribution in [0.15, 0.2) is 0 Å². The lowest BCUT2D eigenvalue weighted by atomic mass is 10.1. The van der Waals surface area contributed by atoms with Gasteiger partial charge in [-0.15, -0.1) is 12.6 Å². The quantitative estimate of drug-likeness (QED) is 0.256. The Bertz CT molecular complexity index is 188. The number of unbranched alkanes of at least 4 members (excludes halogenated alkanes) is 8. The fourth-order valence-corrected chi connectivity index (χ4v) is 2.06. The summed E-state index contributed by atoms with van der Waals surface area (Å²) in [6.45, 7) is 0. The first-order valence-electron chi connectivity index (χ1n) is 6.88. The van der Waals surface area contributed by atoms with Gasteiger partial charge in [-0.1, -0.05) is 44.9 Å². The van der Waals surface area contributed by atoms with Gasteiger partial charge in [0.05, 0.1) is 0 Å². The molecule has 0 rings (SSSR count). The van der Waals surface area contributed by atoms with Crippen molar-refractivity contribution in [2.45, 2.75) is 82.1 Å². The maximum absolute atomic E-state index is 12.3. The van der Waals surface area contributed by atoms with Crippen LogP contribution in [0, 0.1) is 0 Å². The van der Waals surface area contributed by atoms with Crippen LogP contribution in [0.1, 0.15) is 70.6 Å². The molecule has 19 heavy (non-hydrogen) atoms. The molecule has 6 heteroatoms. The number of rotatable bonds is 11. The SMILES string of the molecule is FC(F)(F)CCCCCCCCCCCC(F)(F)S. The Labute approximate surface area is 117 Å². The zero-order valence-electron chi connectivity index (χ0n) is 11.1. The van der Waals surface area contributed by atoms with E-state index in [1.807, 2.05) is 0 Å². The predicted molar refractivity (Wildman–Crippen MR) is 70.8 cm³/mol. The van der Waals surface area contributed by atoms with Gasteiger partial charge in [0, 0.05) is 12.8 Å². The van der Waals surface area contributed by atoms with Crippen molar-refractivity contribution in [3.8, 4) is 0 Å². The summed E-state index contributed by atoms with van der Waals surface area (Å²) in [5.41, 5.74) is 0. The summed E-state index contributed by atoms with van der Waals surface area (Å²) in [4.78, 5) is 0. The van der Waals surface area contributed by atoms with Gasteiger partial charge in [0.15, 0.2) is 0 Å². The largest absolute Gasteiger partial charge is 0.389 e. The van der Waals surface area contributed by atoms with Gasteiger partial charge < -0.3 is 0 Å². The highest BCUT2D eigenvalue weighted by molar-refractivity contribution is 7.81. The van der Waals surface area contributed by atoms with Crippen LogP contribution in [0.5, 0.6) is 0 Å². The molecule has 0 N–H and O–H groups in total. The Kier molecular flexibility index (Phi) is 9.83. The highest BCUT2D eigenvalue weighted by Gasteiger charge is 2.25. The van der Waals surface area contributed by atoms with Crippen LogP contribution in [0.3, 0.4) is 0 Å². The molecule has 0 aliphatic heterocycles. The van der Waals surface area contributed by atoms with E-state index in [2.05, 4.69) is 12.6 Å². The molecule has 0 saturated carbocycles. The summed E-state index contributed by atoms with van der Waals surface area (Å²) in [5, 5.41) is -2.86. The van der Waals surface area contributed by atoms with Crippen LogP contribution in [0.2, 0.25) is 0 Å². The van der Waals surface area contributed by atoms with Crippen LogP contribution in [-0.4, -0.2) is 11.4 Å². The number of halogens is 5. The Balaban J connectivity index is 3.12. The number of thiol groups is 1. The molecule has 0 nitrogen and oxygen atoms in total. The summed E-state index contributed by atoms with van der Waals surface area (Å²) in [6.07, 6.45) is 1.77. The van der Waals surface area contributed by atoms with Gasteiger partial charge in [-0.05, 0) is 12.8 Å². The first-order chi connectivity index (χ1) is 8.71. The van der Waals surface area contributed by atoms with Gasteiger partial charge in [-0.2, -0.15) is 22.0 Å². The molecular formula is C13H23F5S. The van der Waals surface area contributed by atoms with E-state index in [0.29, 0.717) is 12.8 Å². The molecule has 0 bridgehead atoms. The van der Waals surface area contributed by atoms with Crippen LogP contribution in [-0.2, 0) is 0 Å². The number of hydrogen-bond acceptors (Lipinski definition) is 1. The lowest BCUT2D eigenvalue weighted by Crippen LogP contribution is -2.06. The second-order valence-corrected chi connectivity index (χ2v) is 5.62. The lowest BCUT2D eigenvalue weighted by Gasteiger charge is -2.08. The standard InChI is InChI=1S/C13H23F5S/c14-12(15,16)10-8-6-4-2-1-3-5-7-9-11-13(17,18)19/h19H,1-11H2. The molecule has 0 fully saturated rings. The van der Waals surface area contributed by atoms with Gasteiger partial charge in [0.2, 0.25) is 0 Å². The van der Waals surface area contributed by atoms with E-state index < -0.39 is 17.9 Å². The van der Waals surface area contributed by atoms with E-state index in [0.717, 1.165) is 38.5 Å². The number of alkyl halides is 5. The van der Waals surface area contributed by atoms with Gasteiger partial charge in [0.1, 0.15) is 0 Å². The molecule has 0 aliphatic carbocycles. The minimum absolute atomic E-state index is 0.187. The molecule has 0 radical (unpaired) electrons. The van der Waals surface area contributed by atoms with Crippen molar-refractivity contribution in [3.63, 3.8) is 0 Å². The molecular weight excluding hydrogens is 283 g/mol. The zero-order chi connectivity index (χ0) is 14.8. The van der Waals surface area contributed by atoms with E-state index in [-0.39, 0.29) is 12.8 Å². The molecule has 0 aromatic heterocycles. The molecule has 0 unspecified atom stereocenters. The molecule has 0 aliphatic rings. The average molecular weight is 306 g/mol. The van der Waals surface area contributed by atoms with Crippen LogP contribution >= 0.6 is 12.6 Å². The van der Waals surface area contributed by atoms with E-state index in [1.165, 1.54) is 0 Å². The maximum atomic E-state index is 12.3. The fourth-order valence-electron chi connectivity index (χ4n) is 1.90. The summed E-state index contributed by atoms with van der Waals surface area (Å²) >= 11 is 3.15. The Morgan fingerprint density at radius 1 is 0.526 bits per heavy atom. The monoisotopic (exact) mass is 306 g/mol. The van der Waals surface area contributed by atoms with Gasteiger partial charge in [-0.3, -0.25) is 0 Å². The van der Waals surface area contributed by atoms with Crippen molar-refractivity contribution >= 4 is 12.6 Å². The molecule has 116 valence electrons. The summed E-state index contributed by atoms with van der Waals surface area (Å²) in [5.74, 6) is 0. The van der Waals surface area contributed by atoms with E-state index in [4.69, 9.17) is 0 Å². The topological polar surface area (TPSA) is 0 Å². The smallest absolute Gasteiger partial charge is 0.195 e. The number of hydrogen-bond donors (Lipinski definition) is 1. The van der Waals surface area contributed by atoms with E-state index in [1.54, 1.807) is 0 Å². The van der Waals surface area contributed by atoms with E-state index in [9.17, 15) is 22.0 Å². The highest BCUT2D eigenvalue weighted by atomic mass is 32.1. The third-order valence-electron chi connectivity index (χ3n) is 2.94. The highest BCUT2D eigenvalue weighted by Crippen LogP contribution is 2.26. The second kappa shape index (κ2) is 9.83. The second-order valence-electron chi connectivity index (χ2n) is 4.96. The Morgan fingerprint density at radius 3 is 1.16 bits per heavy atom. The maximum Gasteiger partial charge on any atom is 0.389 e. The van der Waals surface area contributed by atoms with Gasteiger partial charge in [-0.25, -0.2) is 0 Å². The van der Waals surface area contributed by atoms with E-state index >= 15 is 0 Å². The third-order valence-corrected chi connectivity index (χ3v) is 3.16. The predicted octanol–water partition coefficient (Wildman–Crippen LogP) is 6.36. The summed E-state index contributed by atoms with van der Waals surface area (Å²) in [6, 6.07) is 0. The lowest BCUT2D eigenvalue weighted by molar-refractivity contribution is -0.135. The molecule has 0 saturated heterocycles. The summed E-state index contributed by atoms with van der Waals surface area (Å²) in [7, 11) is 0. The Hall–Kier alpha value is -0.0000000000000000555. The Morgan fingerprint density at radius 2 is 0.842 bits per heavy atom. The molecule has 0 spiro atoms. The first kappa shape index (κ1) is 19.0. The van der Waals surface area contributed by atoms with Crippen molar-refractivity contribution < 1.29 is 22.0 Å². The average Bonchev–Trinajstić information content (AvgIpc) is 2.22. The van der Waals surface area contributed by atoms with Gasteiger partial charge >= 0.3 is 6.18 Å². The van der Waals surface area contributed by atoms with Crippen LogP contribution in [0.25, 0.3) is 0 Å². The van der Waals surface area contributed by atoms with Crippen LogP contribution < -0.4 is 0 Å². The minimum atomic E-state index is -4.03. The molecule has 0 atom stereocenters. The normalized spacial score (nSPS) is 12.9. The van der Waals surface area contributed by atoms with Crippen molar-refractivity contribution in [1.29, 1.82) is 0 Å². The molecule has 0 heterocycles. The van der Waals surface area contributed by atoms with Crippen molar-refractivity contribution in [2.24, 2.45) is 0 Å². The molecule has 0 aromatic carbocycles. The molecule has 0 amide bonds. The molecule has 0 aromatic rings.